The summed E-state index contributed by atoms with van der Waals surface area (Å²) in [7, 11) is 2.29. The first-order chi connectivity index (χ1) is 7.30. The van der Waals surface area contributed by atoms with Gasteiger partial charge in [0, 0.05) is 13.1 Å². The highest BCUT2D eigenvalue weighted by molar-refractivity contribution is 5.08. The van der Waals surface area contributed by atoms with Crippen LogP contribution in [0.5, 0.6) is 0 Å². The third-order valence-electron chi connectivity index (χ3n) is 4.99. The van der Waals surface area contributed by atoms with Gasteiger partial charge in [-0.25, -0.2) is 0 Å². The summed E-state index contributed by atoms with van der Waals surface area (Å²) in [4.78, 5) is 2.54. The Labute approximate surface area is 93.4 Å². The van der Waals surface area contributed by atoms with E-state index in [1.54, 1.807) is 0 Å². The number of nitrogens with zero attached hydrogens (tertiary/aromatic N) is 1. The van der Waals surface area contributed by atoms with Crippen molar-refractivity contribution in [2.75, 3.05) is 33.2 Å². The molecule has 2 heterocycles. The maximum atomic E-state index is 3.60. The van der Waals surface area contributed by atoms with Crippen molar-refractivity contribution in [1.82, 2.24) is 10.2 Å². The van der Waals surface area contributed by atoms with Gasteiger partial charge < -0.3 is 10.2 Å². The minimum absolute atomic E-state index is 0.751. The summed E-state index contributed by atoms with van der Waals surface area (Å²) in [6, 6.07) is 0. The Hall–Kier alpha value is -0.0800. The van der Waals surface area contributed by atoms with Crippen molar-refractivity contribution in [2.24, 2.45) is 17.3 Å². The molecule has 0 radical (unpaired) electrons. The first-order valence-electron chi connectivity index (χ1n) is 6.69. The van der Waals surface area contributed by atoms with E-state index in [9.17, 15) is 0 Å². The van der Waals surface area contributed by atoms with Gasteiger partial charge >= 0.3 is 0 Å². The van der Waals surface area contributed by atoms with Crippen molar-refractivity contribution in [2.45, 2.75) is 32.1 Å². The zero-order chi connectivity index (χ0) is 10.3. The summed E-state index contributed by atoms with van der Waals surface area (Å²) >= 11 is 0. The van der Waals surface area contributed by atoms with Crippen LogP contribution in [0.2, 0.25) is 0 Å². The van der Waals surface area contributed by atoms with Crippen molar-refractivity contribution in [3.05, 3.63) is 0 Å². The molecule has 2 aliphatic heterocycles. The van der Waals surface area contributed by atoms with Crippen molar-refractivity contribution in [3.63, 3.8) is 0 Å². The number of hydrogen-bond donors (Lipinski definition) is 1. The highest BCUT2D eigenvalue weighted by Crippen LogP contribution is 2.61. The van der Waals surface area contributed by atoms with Gasteiger partial charge in [0.2, 0.25) is 0 Å². The Bertz CT molecular complexity index is 233. The maximum absolute atomic E-state index is 3.60. The molecule has 0 bridgehead atoms. The average molecular weight is 208 g/mol. The standard InChI is InChI=1S/C13H24N2/c1-15-7-2-4-11(9-15)12-8-13(12)5-3-6-14-10-13/h11-12,14H,2-10H2,1H3. The van der Waals surface area contributed by atoms with Crippen LogP contribution < -0.4 is 5.32 Å². The van der Waals surface area contributed by atoms with Crippen LogP contribution in [0.4, 0.5) is 0 Å². The van der Waals surface area contributed by atoms with Gasteiger partial charge in [0.1, 0.15) is 0 Å². The Morgan fingerprint density at radius 1 is 1.33 bits per heavy atom. The lowest BCUT2D eigenvalue weighted by molar-refractivity contribution is 0.169. The quantitative estimate of drug-likeness (QED) is 0.706. The van der Waals surface area contributed by atoms with Gasteiger partial charge in [-0.3, -0.25) is 0 Å². The fourth-order valence-corrected chi connectivity index (χ4v) is 4.06. The normalized spacial score (nSPS) is 47.0. The van der Waals surface area contributed by atoms with Gasteiger partial charge in [-0.2, -0.15) is 0 Å². The van der Waals surface area contributed by atoms with Crippen molar-refractivity contribution in [3.8, 4) is 0 Å². The fourth-order valence-electron chi connectivity index (χ4n) is 4.06. The molecular formula is C13H24N2. The topological polar surface area (TPSA) is 15.3 Å². The molecule has 86 valence electrons. The van der Waals surface area contributed by atoms with E-state index in [1.807, 2.05) is 0 Å². The van der Waals surface area contributed by atoms with E-state index in [2.05, 4.69) is 17.3 Å². The molecule has 1 N–H and O–H groups in total. The molecule has 0 aromatic heterocycles. The van der Waals surface area contributed by atoms with E-state index in [0.717, 1.165) is 17.3 Å². The zero-order valence-electron chi connectivity index (χ0n) is 9.97. The molecule has 3 aliphatic rings. The molecule has 0 amide bonds. The molecule has 1 saturated carbocycles. The second-order valence-electron chi connectivity index (χ2n) is 6.12. The van der Waals surface area contributed by atoms with Crippen molar-refractivity contribution in [1.29, 1.82) is 0 Å². The highest BCUT2D eigenvalue weighted by Gasteiger charge is 2.56. The molecule has 0 aromatic carbocycles. The van der Waals surface area contributed by atoms with Gasteiger partial charge in [0.25, 0.3) is 0 Å². The average Bonchev–Trinajstić information content (AvgIpc) is 2.93. The predicted molar refractivity (Wildman–Crippen MR) is 62.9 cm³/mol. The second-order valence-corrected chi connectivity index (χ2v) is 6.12. The van der Waals surface area contributed by atoms with E-state index in [-0.39, 0.29) is 0 Å². The molecular weight excluding hydrogens is 184 g/mol. The summed E-state index contributed by atoms with van der Waals surface area (Å²) in [5.74, 6) is 2.08. The molecule has 2 saturated heterocycles. The maximum Gasteiger partial charge on any atom is 0.00107 e. The van der Waals surface area contributed by atoms with Crippen LogP contribution in [0.15, 0.2) is 0 Å². The van der Waals surface area contributed by atoms with E-state index in [4.69, 9.17) is 0 Å². The third-order valence-corrected chi connectivity index (χ3v) is 4.99. The van der Waals surface area contributed by atoms with Gasteiger partial charge in [-0.1, -0.05) is 0 Å². The summed E-state index contributed by atoms with van der Waals surface area (Å²) in [6.07, 6.45) is 7.38. The molecule has 2 nitrogen and oxygen atoms in total. The number of rotatable bonds is 1. The van der Waals surface area contributed by atoms with Crippen LogP contribution in [0, 0.1) is 17.3 Å². The summed E-state index contributed by atoms with van der Waals surface area (Å²) in [6.45, 7) is 5.28. The molecule has 1 spiro atoms. The molecule has 3 rings (SSSR count). The lowest BCUT2D eigenvalue weighted by Crippen LogP contribution is -2.37. The Morgan fingerprint density at radius 2 is 2.27 bits per heavy atom. The fraction of sp³-hybridized carbons (Fsp3) is 1.00. The summed E-state index contributed by atoms with van der Waals surface area (Å²) < 4.78 is 0. The van der Waals surface area contributed by atoms with Crippen molar-refractivity contribution >= 4 is 0 Å². The molecule has 2 heteroatoms. The molecule has 3 atom stereocenters. The smallest absolute Gasteiger partial charge is 0.00107 e. The molecule has 3 fully saturated rings. The van der Waals surface area contributed by atoms with E-state index < -0.39 is 0 Å². The number of hydrogen-bond acceptors (Lipinski definition) is 2. The minimum atomic E-state index is 0.751. The Balaban J connectivity index is 1.60. The third kappa shape index (κ3) is 1.83. The van der Waals surface area contributed by atoms with Gasteiger partial charge in [-0.15, -0.1) is 0 Å². The van der Waals surface area contributed by atoms with Gasteiger partial charge in [-0.05, 0) is 69.5 Å². The largest absolute Gasteiger partial charge is 0.316 e. The lowest BCUT2D eigenvalue weighted by Gasteiger charge is -2.33. The number of nitrogens with one attached hydrogen (secondary N) is 1. The molecule has 0 aromatic rings. The number of likely N-dealkylation sites (tertiary alicyclic amines) is 1. The van der Waals surface area contributed by atoms with Crippen LogP contribution in [0.1, 0.15) is 32.1 Å². The Morgan fingerprint density at radius 3 is 3.00 bits per heavy atom. The predicted octanol–water partition coefficient (Wildman–Crippen LogP) is 1.72. The molecule has 1 aliphatic carbocycles. The SMILES string of the molecule is CN1CCCC(C2CC23CCCNC3)C1. The first kappa shape index (κ1) is 10.1. The van der Waals surface area contributed by atoms with Crippen LogP contribution in [0.3, 0.4) is 0 Å². The number of piperidine rings is 2. The van der Waals surface area contributed by atoms with Crippen LogP contribution >= 0.6 is 0 Å². The van der Waals surface area contributed by atoms with Crippen LogP contribution in [-0.4, -0.2) is 38.1 Å². The molecule has 15 heavy (non-hydrogen) atoms. The minimum Gasteiger partial charge on any atom is -0.316 e. The highest BCUT2D eigenvalue weighted by atomic mass is 15.1. The van der Waals surface area contributed by atoms with Gasteiger partial charge in [0.15, 0.2) is 0 Å². The van der Waals surface area contributed by atoms with E-state index in [1.165, 1.54) is 58.3 Å². The van der Waals surface area contributed by atoms with Crippen LogP contribution in [0.25, 0.3) is 0 Å². The Kier molecular flexibility index (Phi) is 2.52. The van der Waals surface area contributed by atoms with Gasteiger partial charge in [0.05, 0.1) is 0 Å². The molecule has 3 unspecified atom stereocenters. The second kappa shape index (κ2) is 3.74. The zero-order valence-corrected chi connectivity index (χ0v) is 9.97. The monoisotopic (exact) mass is 208 g/mol. The van der Waals surface area contributed by atoms with Crippen LogP contribution in [-0.2, 0) is 0 Å². The summed E-state index contributed by atoms with van der Waals surface area (Å²) in [5.41, 5.74) is 0.751. The first-order valence-corrected chi connectivity index (χ1v) is 6.69. The van der Waals surface area contributed by atoms with E-state index in [0.29, 0.717) is 0 Å². The van der Waals surface area contributed by atoms with E-state index >= 15 is 0 Å². The summed E-state index contributed by atoms with van der Waals surface area (Å²) in [5, 5.41) is 3.60. The lowest BCUT2D eigenvalue weighted by atomic mass is 9.85. The van der Waals surface area contributed by atoms with Crippen molar-refractivity contribution < 1.29 is 0 Å².